The van der Waals surface area contributed by atoms with Gasteiger partial charge in [0.2, 0.25) is 0 Å². The van der Waals surface area contributed by atoms with Gasteiger partial charge in [0.25, 0.3) is 5.56 Å². The van der Waals surface area contributed by atoms with Crippen molar-refractivity contribution in [2.75, 3.05) is 25.2 Å². The first kappa shape index (κ1) is 20.7. The van der Waals surface area contributed by atoms with Crippen LogP contribution in [0.25, 0.3) is 0 Å². The molecule has 1 aliphatic heterocycles. The number of alkyl halides is 3. The molecule has 1 aromatic heterocycles. The van der Waals surface area contributed by atoms with Crippen LogP contribution in [-0.4, -0.2) is 42.5 Å². The van der Waals surface area contributed by atoms with Crippen LogP contribution < -0.4 is 15.2 Å². The third-order valence-corrected chi connectivity index (χ3v) is 4.75. The van der Waals surface area contributed by atoms with Crippen LogP contribution in [-0.2, 0) is 10.9 Å². The van der Waals surface area contributed by atoms with Gasteiger partial charge in [-0.2, -0.15) is 18.3 Å². The molecule has 2 heterocycles. The minimum Gasteiger partial charge on any atom is -0.491 e. The lowest BCUT2D eigenvalue weighted by molar-refractivity contribution is -0.138. The maximum Gasteiger partial charge on any atom is 0.423 e. The van der Waals surface area contributed by atoms with Crippen LogP contribution in [0.15, 0.2) is 35.3 Å². The zero-order valence-corrected chi connectivity index (χ0v) is 15.8. The van der Waals surface area contributed by atoms with Gasteiger partial charge < -0.3 is 14.4 Å². The van der Waals surface area contributed by atoms with Gasteiger partial charge in [0.1, 0.15) is 17.9 Å². The van der Waals surface area contributed by atoms with Crippen molar-refractivity contribution in [2.24, 2.45) is 5.92 Å². The smallest absolute Gasteiger partial charge is 0.423 e. The molecule has 2 aromatic rings. The number of anilines is 1. The molecule has 156 valence electrons. The Morgan fingerprint density at radius 2 is 2.14 bits per heavy atom. The minimum absolute atomic E-state index is 0.0824. The number of hydrogen-bond donors (Lipinski definition) is 1. The number of carbonyl (C=O) groups is 1. The molecule has 1 saturated heterocycles. The lowest BCUT2D eigenvalue weighted by Gasteiger charge is -2.28. The summed E-state index contributed by atoms with van der Waals surface area (Å²) in [6.07, 6.45) is -3.20. The van der Waals surface area contributed by atoms with Gasteiger partial charge in [0.15, 0.2) is 0 Å². The Morgan fingerprint density at radius 1 is 1.38 bits per heavy atom. The Morgan fingerprint density at radius 3 is 2.83 bits per heavy atom. The van der Waals surface area contributed by atoms with Crippen molar-refractivity contribution in [2.45, 2.75) is 25.6 Å². The number of rotatable bonds is 5. The van der Waals surface area contributed by atoms with Gasteiger partial charge in [-0.15, -0.1) is 0 Å². The Balaban J connectivity index is 1.83. The lowest BCUT2D eigenvalue weighted by Crippen LogP contribution is -2.38. The summed E-state index contributed by atoms with van der Waals surface area (Å²) >= 11 is 0. The number of aromatic nitrogens is 2. The number of hydrogen-bond acceptors (Lipinski definition) is 6. The van der Waals surface area contributed by atoms with E-state index >= 15 is 0 Å². The number of aromatic amines is 1. The predicted octanol–water partition coefficient (Wildman–Crippen LogP) is 2.87. The number of carbonyl (C=O) groups excluding carboxylic acids is 1. The standard InChI is InChI=1S/C19H20F3N3O4/c1-11-6-13(10-29-14-5-3-4-12(7-14)18(27)28-2)25(9-11)15-8-23-24-17(26)16(15)19(20,21)22/h3-5,7-8,11,13H,6,9-10H2,1-2H3,(H,24,26)/t11-,13-/m0/s1. The zero-order chi connectivity index (χ0) is 21.2. The molecule has 7 nitrogen and oxygen atoms in total. The SMILES string of the molecule is COC(=O)c1cccc(OC[C@@H]2C[C@H](C)CN2c2cn[nH]c(=O)c2C(F)(F)F)c1. The second-order valence-corrected chi connectivity index (χ2v) is 6.93. The van der Waals surface area contributed by atoms with E-state index in [1.807, 2.05) is 12.0 Å². The third kappa shape index (κ3) is 4.52. The first-order valence-corrected chi connectivity index (χ1v) is 8.93. The molecule has 3 rings (SSSR count). The van der Waals surface area contributed by atoms with Crippen molar-refractivity contribution < 1.29 is 27.4 Å². The van der Waals surface area contributed by atoms with Gasteiger partial charge in [-0.05, 0) is 30.5 Å². The summed E-state index contributed by atoms with van der Waals surface area (Å²) in [5.41, 5.74) is -2.50. The first-order valence-electron chi connectivity index (χ1n) is 8.93. The van der Waals surface area contributed by atoms with Crippen LogP contribution in [0.5, 0.6) is 5.75 Å². The van der Waals surface area contributed by atoms with Crippen LogP contribution in [0.4, 0.5) is 18.9 Å². The van der Waals surface area contributed by atoms with Crippen molar-refractivity contribution >= 4 is 11.7 Å². The Kier molecular flexibility index (Phi) is 5.81. The number of halogens is 3. The number of nitrogens with zero attached hydrogens (tertiary/aromatic N) is 2. The fourth-order valence-electron chi connectivity index (χ4n) is 3.51. The van der Waals surface area contributed by atoms with Crippen molar-refractivity contribution in [3.05, 3.63) is 51.9 Å². The second-order valence-electron chi connectivity index (χ2n) is 6.93. The highest BCUT2D eigenvalue weighted by Gasteiger charge is 2.41. The van der Waals surface area contributed by atoms with Crippen molar-refractivity contribution in [1.82, 2.24) is 10.2 Å². The summed E-state index contributed by atoms with van der Waals surface area (Å²) in [5, 5.41) is 5.40. The van der Waals surface area contributed by atoms with Gasteiger partial charge in [0.05, 0.1) is 30.6 Å². The topological polar surface area (TPSA) is 84.5 Å². The van der Waals surface area contributed by atoms with Crippen LogP contribution >= 0.6 is 0 Å². The quantitative estimate of drug-likeness (QED) is 0.762. The largest absolute Gasteiger partial charge is 0.491 e. The molecular formula is C19H20F3N3O4. The predicted molar refractivity (Wildman–Crippen MR) is 98.1 cm³/mol. The normalized spacial score (nSPS) is 19.3. The van der Waals surface area contributed by atoms with Crippen molar-refractivity contribution in [3.63, 3.8) is 0 Å². The molecule has 0 bridgehead atoms. The first-order chi connectivity index (χ1) is 13.7. The van der Waals surface area contributed by atoms with Gasteiger partial charge in [0, 0.05) is 6.54 Å². The van der Waals surface area contributed by atoms with Crippen molar-refractivity contribution in [3.8, 4) is 5.75 Å². The van der Waals surface area contributed by atoms with Gasteiger partial charge in [-0.1, -0.05) is 13.0 Å². The van der Waals surface area contributed by atoms with E-state index in [9.17, 15) is 22.8 Å². The van der Waals surface area contributed by atoms with E-state index in [4.69, 9.17) is 4.74 Å². The average Bonchev–Trinajstić information content (AvgIpc) is 3.05. The average molecular weight is 411 g/mol. The van der Waals surface area contributed by atoms with Crippen LogP contribution in [0.2, 0.25) is 0 Å². The summed E-state index contributed by atoms with van der Waals surface area (Å²) in [7, 11) is 1.27. The zero-order valence-electron chi connectivity index (χ0n) is 15.8. The molecule has 10 heteroatoms. The van der Waals surface area contributed by atoms with Crippen molar-refractivity contribution in [1.29, 1.82) is 0 Å². The summed E-state index contributed by atoms with van der Waals surface area (Å²) in [4.78, 5) is 25.0. The summed E-state index contributed by atoms with van der Waals surface area (Å²) in [5.74, 6) is -0.0196. The van der Waals surface area contributed by atoms with Gasteiger partial charge >= 0.3 is 12.1 Å². The number of methoxy groups -OCH3 is 1. The molecule has 1 N–H and O–H groups in total. The third-order valence-electron chi connectivity index (χ3n) is 4.75. The second kappa shape index (κ2) is 8.14. The Hall–Kier alpha value is -3.04. The van der Waals surface area contributed by atoms with E-state index in [1.165, 1.54) is 18.1 Å². The molecule has 1 aliphatic rings. The highest BCUT2D eigenvalue weighted by atomic mass is 19.4. The maximum atomic E-state index is 13.4. The summed E-state index contributed by atoms with van der Waals surface area (Å²) < 4.78 is 50.7. The molecule has 0 unspecified atom stereocenters. The monoisotopic (exact) mass is 411 g/mol. The Labute approximate surface area is 164 Å². The van der Waals surface area contributed by atoms with E-state index in [0.29, 0.717) is 24.3 Å². The molecule has 1 aromatic carbocycles. The molecule has 0 amide bonds. The lowest BCUT2D eigenvalue weighted by atomic mass is 10.1. The van der Waals surface area contributed by atoms with E-state index in [1.54, 1.807) is 18.2 Å². The van der Waals surface area contributed by atoms with Gasteiger partial charge in [-0.25, -0.2) is 9.89 Å². The highest BCUT2D eigenvalue weighted by Crippen LogP contribution is 2.37. The number of esters is 1. The molecule has 0 saturated carbocycles. The fourth-order valence-corrected chi connectivity index (χ4v) is 3.51. The number of benzene rings is 1. The van der Waals surface area contributed by atoms with E-state index in [-0.39, 0.29) is 18.2 Å². The highest BCUT2D eigenvalue weighted by molar-refractivity contribution is 5.89. The number of nitrogens with one attached hydrogen (secondary N) is 1. The van der Waals surface area contributed by atoms with Crippen LogP contribution in [0.1, 0.15) is 29.3 Å². The van der Waals surface area contributed by atoms with E-state index in [0.717, 1.165) is 6.20 Å². The maximum absolute atomic E-state index is 13.4. The Bertz CT molecular complexity index is 945. The molecule has 29 heavy (non-hydrogen) atoms. The van der Waals surface area contributed by atoms with E-state index in [2.05, 4.69) is 9.84 Å². The minimum atomic E-state index is -4.81. The molecule has 2 atom stereocenters. The summed E-state index contributed by atoms with van der Waals surface area (Å²) in [6, 6.07) is 5.95. The number of ether oxygens (including phenoxy) is 2. The number of H-pyrrole nitrogens is 1. The molecule has 1 fully saturated rings. The molecular weight excluding hydrogens is 391 g/mol. The molecule has 0 spiro atoms. The summed E-state index contributed by atoms with van der Waals surface area (Å²) in [6.45, 7) is 2.34. The van der Waals surface area contributed by atoms with Gasteiger partial charge in [-0.3, -0.25) is 4.79 Å². The van der Waals surface area contributed by atoms with E-state index < -0.39 is 29.3 Å². The molecule has 0 aliphatic carbocycles. The fraction of sp³-hybridized carbons (Fsp3) is 0.421. The molecule has 0 radical (unpaired) electrons. The van der Waals surface area contributed by atoms with Crippen LogP contribution in [0, 0.1) is 5.92 Å². The van der Waals surface area contributed by atoms with Crippen LogP contribution in [0.3, 0.4) is 0 Å².